The molecule has 1 fully saturated rings. The molecule has 0 radical (unpaired) electrons. The highest BCUT2D eigenvalue weighted by molar-refractivity contribution is 7.98. The molecule has 4 heterocycles. The number of thioether (sulfide) groups is 1. The maximum absolute atomic E-state index is 12.6. The number of carbonyl (C=O) groups excluding carboxylic acids is 1. The lowest BCUT2D eigenvalue weighted by Gasteiger charge is -2.33. The summed E-state index contributed by atoms with van der Waals surface area (Å²) in [6.45, 7) is 5.10. The normalized spacial score (nSPS) is 16.1. The maximum atomic E-state index is 12.6. The van der Waals surface area contributed by atoms with Gasteiger partial charge in [0.15, 0.2) is 10.9 Å². The third kappa shape index (κ3) is 6.43. The molecule has 0 bridgehead atoms. The minimum Gasteiger partial charge on any atom is -0.461 e. The Bertz CT molecular complexity index is 1370. The van der Waals surface area contributed by atoms with E-state index in [2.05, 4.69) is 32.3 Å². The summed E-state index contributed by atoms with van der Waals surface area (Å²) in [7, 11) is 0. The second-order valence-electron chi connectivity index (χ2n) is 9.12. The fourth-order valence-electron chi connectivity index (χ4n) is 4.48. The van der Waals surface area contributed by atoms with E-state index < -0.39 is 0 Å². The fourth-order valence-corrected chi connectivity index (χ4v) is 6.71. The highest BCUT2D eigenvalue weighted by atomic mass is 35.5. The van der Waals surface area contributed by atoms with Gasteiger partial charge in [0.1, 0.15) is 10.7 Å². The van der Waals surface area contributed by atoms with Crippen LogP contribution in [0.15, 0.2) is 51.5 Å². The van der Waals surface area contributed by atoms with Crippen LogP contribution in [0.3, 0.4) is 0 Å². The standard InChI is InChI=1S/C26H28Cl2N6O2S2/c1-17-6-2-3-11-33(17)12-5-10-29-25(35)20-15-37-23(30-20)16-38-26-32-31-24(22-7-4-13-36-22)34(26)21-9-8-18(27)14-19(21)28/h4,7-9,13-15,17H,2-3,5-6,10-12,16H2,1H3,(H,29,35). The van der Waals surface area contributed by atoms with Crippen LogP contribution in [0, 0.1) is 0 Å². The van der Waals surface area contributed by atoms with E-state index in [1.165, 1.54) is 42.4 Å². The molecule has 1 unspecified atom stereocenters. The van der Waals surface area contributed by atoms with Crippen molar-refractivity contribution >= 4 is 52.2 Å². The van der Waals surface area contributed by atoms with E-state index in [1.54, 1.807) is 29.8 Å². The lowest BCUT2D eigenvalue weighted by Crippen LogP contribution is -2.39. The predicted octanol–water partition coefficient (Wildman–Crippen LogP) is 6.58. The SMILES string of the molecule is CC1CCCCN1CCCNC(=O)c1csc(CSc2nnc(-c3ccco3)n2-c2ccc(Cl)cc2Cl)n1. The number of rotatable bonds is 10. The largest absolute Gasteiger partial charge is 0.461 e. The molecule has 1 saturated heterocycles. The number of hydrogen-bond donors (Lipinski definition) is 1. The molecule has 0 saturated carbocycles. The zero-order valence-corrected chi connectivity index (χ0v) is 24.0. The molecule has 1 aliphatic rings. The summed E-state index contributed by atoms with van der Waals surface area (Å²) in [6, 6.07) is 9.51. The number of furan rings is 1. The molecule has 38 heavy (non-hydrogen) atoms. The van der Waals surface area contributed by atoms with Crippen LogP contribution < -0.4 is 5.32 Å². The third-order valence-corrected chi connectivity index (χ3v) is 8.99. The molecule has 5 rings (SSSR count). The van der Waals surface area contributed by atoms with Gasteiger partial charge in [-0.05, 0) is 63.1 Å². The van der Waals surface area contributed by atoms with E-state index in [-0.39, 0.29) is 5.91 Å². The molecule has 12 heteroatoms. The van der Waals surface area contributed by atoms with Gasteiger partial charge in [0.2, 0.25) is 5.82 Å². The molecule has 200 valence electrons. The molecular formula is C26H28Cl2N6O2S2. The molecule has 1 aliphatic heterocycles. The van der Waals surface area contributed by atoms with Gasteiger partial charge in [0, 0.05) is 29.5 Å². The topological polar surface area (TPSA) is 89.1 Å². The van der Waals surface area contributed by atoms with Gasteiger partial charge in [-0.25, -0.2) is 4.98 Å². The van der Waals surface area contributed by atoms with Crippen LogP contribution in [0.25, 0.3) is 17.3 Å². The molecule has 1 atom stereocenters. The Kier molecular flexibility index (Phi) is 9.06. The minimum absolute atomic E-state index is 0.139. The van der Waals surface area contributed by atoms with Crippen LogP contribution in [-0.4, -0.2) is 56.2 Å². The van der Waals surface area contributed by atoms with Gasteiger partial charge in [0.25, 0.3) is 5.91 Å². The lowest BCUT2D eigenvalue weighted by atomic mass is 10.0. The number of piperidine rings is 1. The lowest BCUT2D eigenvalue weighted by molar-refractivity contribution is 0.0944. The van der Waals surface area contributed by atoms with E-state index in [0.29, 0.717) is 56.5 Å². The monoisotopic (exact) mass is 590 g/mol. The van der Waals surface area contributed by atoms with E-state index in [0.717, 1.165) is 24.5 Å². The van der Waals surface area contributed by atoms with Crippen molar-refractivity contribution in [3.05, 3.63) is 62.7 Å². The summed E-state index contributed by atoms with van der Waals surface area (Å²) in [6.07, 6.45) is 6.37. The first-order valence-corrected chi connectivity index (χ1v) is 15.2. The number of benzene rings is 1. The van der Waals surface area contributed by atoms with E-state index in [4.69, 9.17) is 27.6 Å². The van der Waals surface area contributed by atoms with Crippen molar-refractivity contribution in [1.29, 1.82) is 0 Å². The van der Waals surface area contributed by atoms with Gasteiger partial charge in [-0.3, -0.25) is 9.36 Å². The first-order chi connectivity index (χ1) is 18.5. The Morgan fingerprint density at radius 1 is 1.26 bits per heavy atom. The number of aromatic nitrogens is 4. The number of thiazole rings is 1. The molecule has 3 aromatic heterocycles. The Morgan fingerprint density at radius 2 is 2.16 bits per heavy atom. The first-order valence-electron chi connectivity index (χ1n) is 12.5. The van der Waals surface area contributed by atoms with Crippen LogP contribution >= 0.6 is 46.3 Å². The summed E-state index contributed by atoms with van der Waals surface area (Å²) in [4.78, 5) is 19.7. The quantitative estimate of drug-likeness (QED) is 0.165. The van der Waals surface area contributed by atoms with Gasteiger partial charge in [-0.15, -0.1) is 21.5 Å². The number of likely N-dealkylation sites (tertiary alicyclic amines) is 1. The summed E-state index contributed by atoms with van der Waals surface area (Å²) < 4.78 is 7.41. The highest BCUT2D eigenvalue weighted by Crippen LogP contribution is 2.34. The van der Waals surface area contributed by atoms with Crippen LogP contribution in [-0.2, 0) is 5.75 Å². The van der Waals surface area contributed by atoms with Crippen LogP contribution in [0.1, 0.15) is 48.1 Å². The van der Waals surface area contributed by atoms with Gasteiger partial charge in [-0.1, -0.05) is 41.4 Å². The number of amides is 1. The zero-order chi connectivity index (χ0) is 26.5. The Hall–Kier alpha value is -2.37. The number of nitrogens with zero attached hydrogens (tertiary/aromatic N) is 5. The van der Waals surface area contributed by atoms with Gasteiger partial charge >= 0.3 is 0 Å². The average molecular weight is 592 g/mol. The molecule has 1 N–H and O–H groups in total. The number of halogens is 2. The predicted molar refractivity (Wildman–Crippen MR) is 153 cm³/mol. The molecule has 4 aromatic rings. The fraction of sp³-hybridized carbons (Fsp3) is 0.385. The van der Waals surface area contributed by atoms with Crippen molar-refractivity contribution in [2.24, 2.45) is 0 Å². The van der Waals surface area contributed by atoms with E-state index in [1.807, 2.05) is 16.7 Å². The van der Waals surface area contributed by atoms with Gasteiger partial charge in [-0.2, -0.15) is 0 Å². The summed E-state index contributed by atoms with van der Waals surface area (Å²) in [5.74, 6) is 1.48. The molecule has 0 aliphatic carbocycles. The summed E-state index contributed by atoms with van der Waals surface area (Å²) in [5, 5.41) is 16.0. The van der Waals surface area contributed by atoms with Crippen molar-refractivity contribution in [2.75, 3.05) is 19.6 Å². The molecule has 1 aromatic carbocycles. The zero-order valence-electron chi connectivity index (χ0n) is 20.9. The van der Waals surface area contributed by atoms with E-state index in [9.17, 15) is 4.79 Å². The molecular weight excluding hydrogens is 563 g/mol. The minimum atomic E-state index is -0.139. The van der Waals surface area contributed by atoms with Crippen molar-refractivity contribution in [2.45, 2.75) is 49.6 Å². The second kappa shape index (κ2) is 12.7. The van der Waals surface area contributed by atoms with Crippen molar-refractivity contribution in [3.8, 4) is 17.3 Å². The Balaban J connectivity index is 1.21. The van der Waals surface area contributed by atoms with Crippen LogP contribution in [0.4, 0.5) is 0 Å². The Morgan fingerprint density at radius 3 is 2.95 bits per heavy atom. The van der Waals surface area contributed by atoms with Crippen molar-refractivity contribution < 1.29 is 9.21 Å². The van der Waals surface area contributed by atoms with Crippen LogP contribution in [0.5, 0.6) is 0 Å². The number of hydrogen-bond acceptors (Lipinski definition) is 8. The second-order valence-corrected chi connectivity index (χ2v) is 11.8. The van der Waals surface area contributed by atoms with E-state index >= 15 is 0 Å². The molecule has 8 nitrogen and oxygen atoms in total. The van der Waals surface area contributed by atoms with Crippen molar-refractivity contribution in [1.82, 2.24) is 30.0 Å². The number of carbonyl (C=O) groups is 1. The van der Waals surface area contributed by atoms with Gasteiger partial charge < -0.3 is 14.6 Å². The first kappa shape index (κ1) is 27.2. The van der Waals surface area contributed by atoms with Crippen molar-refractivity contribution in [3.63, 3.8) is 0 Å². The summed E-state index contributed by atoms with van der Waals surface area (Å²) >= 11 is 15.5. The third-order valence-electron chi connectivity index (χ3n) is 6.48. The molecule has 1 amide bonds. The highest BCUT2D eigenvalue weighted by Gasteiger charge is 2.21. The number of nitrogens with one attached hydrogen (secondary N) is 1. The van der Waals surface area contributed by atoms with Gasteiger partial charge in [0.05, 0.1) is 22.7 Å². The smallest absolute Gasteiger partial charge is 0.270 e. The average Bonchev–Trinajstić information content (AvgIpc) is 3.67. The molecule has 0 spiro atoms. The van der Waals surface area contributed by atoms with Crippen LogP contribution in [0.2, 0.25) is 10.0 Å². The summed E-state index contributed by atoms with van der Waals surface area (Å²) in [5.41, 5.74) is 1.13. The maximum Gasteiger partial charge on any atom is 0.270 e. The Labute approximate surface area is 239 Å².